The summed E-state index contributed by atoms with van der Waals surface area (Å²) in [6, 6.07) is 0. The van der Waals surface area contributed by atoms with Gasteiger partial charge in [-0.15, -0.1) is 0 Å². The topological polar surface area (TPSA) is 29.5 Å². The van der Waals surface area contributed by atoms with Gasteiger partial charge in [0.1, 0.15) is 5.60 Å². The summed E-state index contributed by atoms with van der Waals surface area (Å²) >= 11 is 0. The lowest BCUT2D eigenvalue weighted by Gasteiger charge is -2.26. The van der Waals surface area contributed by atoms with E-state index in [4.69, 9.17) is 4.74 Å². The first-order chi connectivity index (χ1) is 7.70. The molecule has 0 N–H and O–H groups in total. The fourth-order valence-electron chi connectivity index (χ4n) is 2.25. The lowest BCUT2D eigenvalue weighted by Crippen LogP contribution is -2.35. The van der Waals surface area contributed by atoms with Crippen molar-refractivity contribution in [1.29, 1.82) is 0 Å². The van der Waals surface area contributed by atoms with E-state index in [0.717, 1.165) is 19.5 Å². The van der Waals surface area contributed by atoms with Crippen LogP contribution in [0, 0.1) is 17.8 Å². The summed E-state index contributed by atoms with van der Waals surface area (Å²) in [6.07, 6.45) is 0.953. The molecule has 100 valence electrons. The van der Waals surface area contributed by atoms with E-state index in [2.05, 4.69) is 20.8 Å². The predicted octanol–water partition coefficient (Wildman–Crippen LogP) is 3.54. The molecule has 0 aromatic heterocycles. The first kappa shape index (κ1) is 14.3. The first-order valence-electron chi connectivity index (χ1n) is 6.68. The molecule has 0 aromatic carbocycles. The Morgan fingerprint density at radius 1 is 1.29 bits per heavy atom. The van der Waals surface area contributed by atoms with Gasteiger partial charge in [-0.05, 0) is 44.9 Å². The van der Waals surface area contributed by atoms with Gasteiger partial charge in [-0.2, -0.15) is 0 Å². The van der Waals surface area contributed by atoms with Crippen LogP contribution in [-0.2, 0) is 4.74 Å². The molecule has 0 saturated carbocycles. The zero-order valence-corrected chi connectivity index (χ0v) is 12.1. The minimum Gasteiger partial charge on any atom is -0.444 e. The van der Waals surface area contributed by atoms with Gasteiger partial charge in [0, 0.05) is 13.1 Å². The summed E-state index contributed by atoms with van der Waals surface area (Å²) in [6.45, 7) is 14.2. The SMILES string of the molecule is CC(C)C(C)C1CCN(C(=O)OC(C)(C)C)C1. The van der Waals surface area contributed by atoms with Gasteiger partial charge >= 0.3 is 6.09 Å². The molecular formula is C14H27NO2. The van der Waals surface area contributed by atoms with Crippen molar-refractivity contribution in [3.05, 3.63) is 0 Å². The van der Waals surface area contributed by atoms with Crippen molar-refractivity contribution >= 4 is 6.09 Å². The number of likely N-dealkylation sites (tertiary alicyclic amines) is 1. The lowest BCUT2D eigenvalue weighted by molar-refractivity contribution is 0.0282. The van der Waals surface area contributed by atoms with Gasteiger partial charge in [0.2, 0.25) is 0 Å². The van der Waals surface area contributed by atoms with Crippen LogP contribution in [0.4, 0.5) is 4.79 Å². The number of amides is 1. The highest BCUT2D eigenvalue weighted by Crippen LogP contribution is 2.29. The molecule has 3 heteroatoms. The summed E-state index contributed by atoms with van der Waals surface area (Å²) in [5.74, 6) is 1.98. The molecule has 1 heterocycles. The number of nitrogens with zero attached hydrogens (tertiary/aromatic N) is 1. The summed E-state index contributed by atoms with van der Waals surface area (Å²) in [5.41, 5.74) is -0.390. The Morgan fingerprint density at radius 2 is 1.88 bits per heavy atom. The summed E-state index contributed by atoms with van der Waals surface area (Å²) in [4.78, 5) is 13.8. The number of carbonyl (C=O) groups is 1. The van der Waals surface area contributed by atoms with E-state index < -0.39 is 5.60 Å². The largest absolute Gasteiger partial charge is 0.444 e. The van der Waals surface area contributed by atoms with E-state index in [0.29, 0.717) is 17.8 Å². The maximum Gasteiger partial charge on any atom is 0.410 e. The highest BCUT2D eigenvalue weighted by atomic mass is 16.6. The van der Waals surface area contributed by atoms with Crippen molar-refractivity contribution in [2.24, 2.45) is 17.8 Å². The minimum atomic E-state index is -0.390. The normalized spacial score (nSPS) is 23.0. The Bertz CT molecular complexity index is 268. The molecular weight excluding hydrogens is 214 g/mol. The molecule has 1 fully saturated rings. The molecule has 2 unspecified atom stereocenters. The Hall–Kier alpha value is -0.730. The van der Waals surface area contributed by atoms with Crippen LogP contribution in [0.1, 0.15) is 48.0 Å². The van der Waals surface area contributed by atoms with Crippen LogP contribution in [0.2, 0.25) is 0 Å². The van der Waals surface area contributed by atoms with Crippen LogP contribution in [0.25, 0.3) is 0 Å². The quantitative estimate of drug-likeness (QED) is 0.740. The molecule has 0 aromatic rings. The van der Waals surface area contributed by atoms with Gasteiger partial charge < -0.3 is 9.64 Å². The van der Waals surface area contributed by atoms with E-state index in [-0.39, 0.29) is 6.09 Å². The number of ether oxygens (including phenoxy) is 1. The zero-order chi connectivity index (χ0) is 13.2. The molecule has 3 nitrogen and oxygen atoms in total. The molecule has 1 rings (SSSR count). The number of carbonyl (C=O) groups excluding carboxylic acids is 1. The maximum atomic E-state index is 11.9. The Kier molecular flexibility index (Phi) is 4.45. The molecule has 0 radical (unpaired) electrons. The highest BCUT2D eigenvalue weighted by molar-refractivity contribution is 5.68. The summed E-state index contributed by atoms with van der Waals surface area (Å²) in [7, 11) is 0. The second-order valence-electron chi connectivity index (χ2n) is 6.58. The van der Waals surface area contributed by atoms with Crippen molar-refractivity contribution in [1.82, 2.24) is 4.90 Å². The second-order valence-corrected chi connectivity index (χ2v) is 6.58. The average molecular weight is 241 g/mol. The van der Waals surface area contributed by atoms with E-state index in [1.54, 1.807) is 0 Å². The van der Waals surface area contributed by atoms with Crippen molar-refractivity contribution in [2.45, 2.75) is 53.6 Å². The molecule has 17 heavy (non-hydrogen) atoms. The maximum absolute atomic E-state index is 11.9. The highest BCUT2D eigenvalue weighted by Gasteiger charge is 2.33. The zero-order valence-electron chi connectivity index (χ0n) is 12.1. The van der Waals surface area contributed by atoms with Crippen molar-refractivity contribution in [2.75, 3.05) is 13.1 Å². The Balaban J connectivity index is 2.48. The van der Waals surface area contributed by atoms with Gasteiger partial charge in [-0.3, -0.25) is 0 Å². The van der Waals surface area contributed by atoms with E-state index in [1.165, 1.54) is 0 Å². The predicted molar refractivity (Wildman–Crippen MR) is 69.9 cm³/mol. The smallest absolute Gasteiger partial charge is 0.410 e. The number of rotatable bonds is 2. The molecule has 1 aliphatic rings. The monoisotopic (exact) mass is 241 g/mol. The van der Waals surface area contributed by atoms with Gasteiger partial charge in [0.05, 0.1) is 0 Å². The molecule has 0 spiro atoms. The number of hydrogen-bond acceptors (Lipinski definition) is 2. The Morgan fingerprint density at radius 3 is 2.35 bits per heavy atom. The molecule has 1 aliphatic heterocycles. The Labute approximate surface area is 106 Å². The van der Waals surface area contributed by atoms with Crippen molar-refractivity contribution in [3.8, 4) is 0 Å². The van der Waals surface area contributed by atoms with Gasteiger partial charge in [0.15, 0.2) is 0 Å². The molecule has 1 amide bonds. The molecule has 0 bridgehead atoms. The fraction of sp³-hybridized carbons (Fsp3) is 0.929. The van der Waals surface area contributed by atoms with E-state index in [1.807, 2.05) is 25.7 Å². The molecule has 0 aliphatic carbocycles. The summed E-state index contributed by atoms with van der Waals surface area (Å²) < 4.78 is 5.40. The van der Waals surface area contributed by atoms with Gasteiger partial charge in [0.25, 0.3) is 0 Å². The van der Waals surface area contributed by atoms with Crippen LogP contribution < -0.4 is 0 Å². The van der Waals surface area contributed by atoms with Crippen molar-refractivity contribution < 1.29 is 9.53 Å². The molecule has 1 saturated heterocycles. The summed E-state index contributed by atoms with van der Waals surface area (Å²) in [5, 5.41) is 0. The second kappa shape index (κ2) is 5.28. The van der Waals surface area contributed by atoms with Crippen LogP contribution in [0.3, 0.4) is 0 Å². The van der Waals surface area contributed by atoms with Gasteiger partial charge in [-0.25, -0.2) is 4.79 Å². The average Bonchev–Trinajstić information content (AvgIpc) is 2.62. The van der Waals surface area contributed by atoms with E-state index in [9.17, 15) is 4.79 Å². The first-order valence-corrected chi connectivity index (χ1v) is 6.68. The standard InChI is InChI=1S/C14H27NO2/c1-10(2)11(3)12-7-8-15(9-12)13(16)17-14(4,5)6/h10-12H,7-9H2,1-6H3. The van der Waals surface area contributed by atoms with Gasteiger partial charge in [-0.1, -0.05) is 20.8 Å². The van der Waals surface area contributed by atoms with Crippen LogP contribution in [-0.4, -0.2) is 29.7 Å². The number of hydrogen-bond donors (Lipinski definition) is 0. The van der Waals surface area contributed by atoms with Crippen LogP contribution >= 0.6 is 0 Å². The van der Waals surface area contributed by atoms with E-state index >= 15 is 0 Å². The third-order valence-electron chi connectivity index (χ3n) is 3.67. The lowest BCUT2D eigenvalue weighted by atomic mass is 9.84. The fourth-order valence-corrected chi connectivity index (χ4v) is 2.25. The minimum absolute atomic E-state index is 0.157. The third kappa shape index (κ3) is 4.21. The molecule has 2 atom stereocenters. The third-order valence-corrected chi connectivity index (χ3v) is 3.67. The van der Waals surface area contributed by atoms with Crippen LogP contribution in [0.15, 0.2) is 0 Å². The van der Waals surface area contributed by atoms with Crippen molar-refractivity contribution in [3.63, 3.8) is 0 Å². The van der Waals surface area contributed by atoms with Crippen LogP contribution in [0.5, 0.6) is 0 Å².